The second-order valence-electron chi connectivity index (χ2n) is 3.66. The van der Waals surface area contributed by atoms with Gasteiger partial charge in [-0.15, -0.1) is 34.9 Å². The van der Waals surface area contributed by atoms with Crippen LogP contribution in [0.2, 0.25) is 0 Å². The van der Waals surface area contributed by atoms with E-state index in [1.165, 1.54) is 34.6 Å². The fourth-order valence-electron chi connectivity index (χ4n) is 1.79. The average molecular weight is 323 g/mol. The van der Waals surface area contributed by atoms with Crippen molar-refractivity contribution in [1.29, 1.82) is 0 Å². The minimum Gasteiger partial charge on any atom is -0.138 e. The Balaban J connectivity index is 2.18. The van der Waals surface area contributed by atoms with Crippen molar-refractivity contribution in [2.45, 2.75) is 30.3 Å². The first-order valence-corrected chi connectivity index (χ1v) is 8.88. The third-order valence-electron chi connectivity index (χ3n) is 2.56. The van der Waals surface area contributed by atoms with Crippen LogP contribution in [0.25, 0.3) is 0 Å². The third kappa shape index (κ3) is 2.76. The van der Waals surface area contributed by atoms with Crippen LogP contribution in [0.3, 0.4) is 0 Å². The molecule has 0 bridgehead atoms. The Bertz CT molecular complexity index is 315. The fourth-order valence-corrected chi connectivity index (χ4v) is 6.95. The summed E-state index contributed by atoms with van der Waals surface area (Å²) in [5.74, 6) is 2.62. The first-order chi connectivity index (χ1) is 7.27. The Kier molecular flexibility index (Phi) is 4.50. The minimum absolute atomic E-state index is 0.382. The van der Waals surface area contributed by atoms with E-state index in [2.05, 4.69) is 58.5 Å². The van der Waals surface area contributed by atoms with Crippen LogP contribution in [-0.2, 0) is 4.08 Å². The van der Waals surface area contributed by atoms with Crippen molar-refractivity contribution < 1.29 is 0 Å². The topological polar surface area (TPSA) is 0 Å². The van der Waals surface area contributed by atoms with Gasteiger partial charge in [0.15, 0.2) is 0 Å². The molecule has 1 aliphatic rings. The van der Waals surface area contributed by atoms with E-state index in [1.807, 2.05) is 11.3 Å². The van der Waals surface area contributed by atoms with Crippen LogP contribution in [-0.4, -0.2) is 11.5 Å². The maximum atomic E-state index is 3.57. The van der Waals surface area contributed by atoms with E-state index in [9.17, 15) is 0 Å². The molecule has 4 heteroatoms. The maximum Gasteiger partial charge on any atom is 0.0952 e. The number of thioether (sulfide) groups is 2. The smallest absolute Gasteiger partial charge is 0.0952 e. The van der Waals surface area contributed by atoms with Gasteiger partial charge < -0.3 is 0 Å². The first-order valence-electron chi connectivity index (χ1n) is 5.30. The third-order valence-corrected chi connectivity index (χ3v) is 8.17. The van der Waals surface area contributed by atoms with Gasteiger partial charge in [-0.2, -0.15) is 0 Å². The van der Waals surface area contributed by atoms with Crippen LogP contribution in [0.5, 0.6) is 0 Å². The number of hydrogen-bond donors (Lipinski definition) is 0. The summed E-state index contributed by atoms with van der Waals surface area (Å²) in [5, 5.41) is 0. The molecule has 1 aliphatic heterocycles. The monoisotopic (exact) mass is 322 g/mol. The van der Waals surface area contributed by atoms with Crippen molar-refractivity contribution >= 4 is 50.8 Å². The van der Waals surface area contributed by atoms with Crippen LogP contribution in [0.4, 0.5) is 0 Å². The second-order valence-corrected chi connectivity index (χ2v) is 9.17. The molecule has 0 atom stereocenters. The highest BCUT2D eigenvalue weighted by Gasteiger charge is 2.37. The predicted octanol–water partition coefficient (Wildman–Crippen LogP) is 5.33. The first kappa shape index (κ1) is 12.3. The highest BCUT2D eigenvalue weighted by Crippen LogP contribution is 2.56. The van der Waals surface area contributed by atoms with E-state index in [0.717, 1.165) is 0 Å². The molecule has 1 fully saturated rings. The van der Waals surface area contributed by atoms with Crippen LogP contribution in [0.15, 0.2) is 15.9 Å². The van der Waals surface area contributed by atoms with E-state index < -0.39 is 0 Å². The fraction of sp³-hybridized carbons (Fsp3) is 0.636. The lowest BCUT2D eigenvalue weighted by molar-refractivity contribution is 0.685. The summed E-state index contributed by atoms with van der Waals surface area (Å²) < 4.78 is 1.65. The molecule has 1 saturated heterocycles. The Morgan fingerprint density at radius 1 is 1.33 bits per heavy atom. The van der Waals surface area contributed by atoms with Crippen molar-refractivity contribution in [3.8, 4) is 0 Å². The van der Waals surface area contributed by atoms with Gasteiger partial charge in [0.1, 0.15) is 0 Å². The quantitative estimate of drug-likeness (QED) is 0.734. The molecule has 2 heterocycles. The Hall–Kier alpha value is 0.880. The van der Waals surface area contributed by atoms with Crippen LogP contribution in [0.1, 0.15) is 31.1 Å². The number of hydrogen-bond acceptors (Lipinski definition) is 3. The van der Waals surface area contributed by atoms with Crippen molar-refractivity contribution in [2.75, 3.05) is 11.5 Å². The zero-order valence-corrected chi connectivity index (χ0v) is 12.8. The van der Waals surface area contributed by atoms with E-state index in [1.54, 1.807) is 4.88 Å². The summed E-state index contributed by atoms with van der Waals surface area (Å²) in [6.45, 7) is 2.28. The van der Waals surface area contributed by atoms with Gasteiger partial charge in [0.25, 0.3) is 0 Å². The Morgan fingerprint density at radius 2 is 2.07 bits per heavy atom. The molecule has 0 nitrogen and oxygen atoms in total. The summed E-state index contributed by atoms with van der Waals surface area (Å²) in [4.78, 5) is 1.55. The van der Waals surface area contributed by atoms with Gasteiger partial charge in [-0.25, -0.2) is 0 Å². The maximum absolute atomic E-state index is 3.57. The zero-order valence-electron chi connectivity index (χ0n) is 8.79. The molecule has 0 saturated carbocycles. The summed E-state index contributed by atoms with van der Waals surface area (Å²) in [5.41, 5.74) is 0. The molecule has 0 radical (unpaired) electrons. The SMILES string of the molecule is CCCCC1(c2ccc(Br)s2)SCCS1. The van der Waals surface area contributed by atoms with Gasteiger partial charge >= 0.3 is 0 Å². The van der Waals surface area contributed by atoms with E-state index in [4.69, 9.17) is 0 Å². The number of rotatable bonds is 4. The Labute approximate surface area is 113 Å². The summed E-state index contributed by atoms with van der Waals surface area (Å²) in [6.07, 6.45) is 3.97. The lowest BCUT2D eigenvalue weighted by Crippen LogP contribution is -2.12. The minimum atomic E-state index is 0.382. The van der Waals surface area contributed by atoms with Crippen molar-refractivity contribution in [3.63, 3.8) is 0 Å². The summed E-state index contributed by atoms with van der Waals surface area (Å²) in [7, 11) is 0. The molecule has 84 valence electrons. The highest BCUT2D eigenvalue weighted by atomic mass is 79.9. The molecule has 1 aromatic heterocycles. The average Bonchev–Trinajstić information content (AvgIpc) is 2.84. The molecule has 0 aromatic carbocycles. The second kappa shape index (κ2) is 5.48. The number of thiophene rings is 1. The highest BCUT2D eigenvalue weighted by molar-refractivity contribution is 9.11. The lowest BCUT2D eigenvalue weighted by Gasteiger charge is -2.25. The normalized spacial score (nSPS) is 19.6. The number of halogens is 1. The molecular formula is C11H15BrS3. The van der Waals surface area contributed by atoms with E-state index in [-0.39, 0.29) is 0 Å². The van der Waals surface area contributed by atoms with Crippen molar-refractivity contribution in [1.82, 2.24) is 0 Å². The van der Waals surface area contributed by atoms with Crippen molar-refractivity contribution in [2.24, 2.45) is 0 Å². The zero-order chi connectivity index (χ0) is 10.7. The van der Waals surface area contributed by atoms with Gasteiger partial charge in [0, 0.05) is 16.4 Å². The molecular weight excluding hydrogens is 308 g/mol. The van der Waals surface area contributed by atoms with Gasteiger partial charge in [-0.1, -0.05) is 19.8 Å². The van der Waals surface area contributed by atoms with Crippen LogP contribution in [0, 0.1) is 0 Å². The molecule has 15 heavy (non-hydrogen) atoms. The molecule has 0 unspecified atom stereocenters. The van der Waals surface area contributed by atoms with E-state index in [0.29, 0.717) is 4.08 Å². The predicted molar refractivity (Wildman–Crippen MR) is 78.1 cm³/mol. The van der Waals surface area contributed by atoms with Gasteiger partial charge in [0.05, 0.1) is 7.87 Å². The lowest BCUT2D eigenvalue weighted by atomic mass is 10.1. The Morgan fingerprint density at radius 3 is 2.60 bits per heavy atom. The molecule has 2 rings (SSSR count). The van der Waals surface area contributed by atoms with Gasteiger partial charge in [-0.3, -0.25) is 0 Å². The standard InChI is InChI=1S/C11H15BrS3/c1-2-3-6-11(13-7-8-14-11)9-4-5-10(12)15-9/h4-5H,2-3,6-8H2,1H3. The molecule has 1 aromatic rings. The summed E-state index contributed by atoms with van der Waals surface area (Å²) >= 11 is 9.78. The molecule has 0 aliphatic carbocycles. The summed E-state index contributed by atoms with van der Waals surface area (Å²) in [6, 6.07) is 4.49. The molecule has 0 amide bonds. The van der Waals surface area contributed by atoms with Crippen molar-refractivity contribution in [3.05, 3.63) is 20.8 Å². The molecule has 0 spiro atoms. The van der Waals surface area contributed by atoms with Crippen LogP contribution < -0.4 is 0 Å². The van der Waals surface area contributed by atoms with Gasteiger partial charge in [-0.05, 0) is 34.5 Å². The van der Waals surface area contributed by atoms with E-state index >= 15 is 0 Å². The largest absolute Gasteiger partial charge is 0.138 e. The van der Waals surface area contributed by atoms with Crippen LogP contribution >= 0.6 is 50.8 Å². The number of unbranched alkanes of at least 4 members (excludes halogenated alkanes) is 1. The molecule has 0 N–H and O–H groups in total. The van der Waals surface area contributed by atoms with Gasteiger partial charge in [0.2, 0.25) is 0 Å².